The molecule has 0 spiro atoms. The Balaban J connectivity index is 1.59. The van der Waals surface area contributed by atoms with Crippen LogP contribution in [0, 0.1) is 17.8 Å². The van der Waals surface area contributed by atoms with Crippen molar-refractivity contribution in [2.24, 2.45) is 23.5 Å². The first-order chi connectivity index (χ1) is 9.61. The summed E-state index contributed by atoms with van der Waals surface area (Å²) in [5.41, 5.74) is 6.30. The first kappa shape index (κ1) is 13.2. The summed E-state index contributed by atoms with van der Waals surface area (Å²) >= 11 is 0. The second kappa shape index (κ2) is 5.27. The Bertz CT molecular complexity index is 541. The summed E-state index contributed by atoms with van der Waals surface area (Å²) in [6.45, 7) is 0. The van der Waals surface area contributed by atoms with E-state index in [0.29, 0.717) is 23.6 Å². The Hall–Kier alpha value is -1.84. The van der Waals surface area contributed by atoms with E-state index < -0.39 is 5.91 Å². The number of rotatable bonds is 4. The molecule has 2 aliphatic carbocycles. The lowest BCUT2D eigenvalue weighted by atomic mass is 9.86. The number of hydrogen-bond acceptors (Lipinski definition) is 2. The molecule has 3 N–H and O–H groups in total. The second-order valence-electron chi connectivity index (χ2n) is 6.13. The summed E-state index contributed by atoms with van der Waals surface area (Å²) < 4.78 is 0. The molecule has 2 amide bonds. The molecule has 0 saturated heterocycles. The number of carbonyl (C=O) groups is 2. The summed E-state index contributed by atoms with van der Waals surface area (Å²) in [6, 6.07) is 6.79. The molecule has 0 aliphatic heterocycles. The SMILES string of the molecule is NC(=O)c1cccc(NC(=O)C[C@H]2C[C@H]3CC[C@H]2C3)c1. The minimum atomic E-state index is -0.478. The monoisotopic (exact) mass is 272 g/mol. The predicted molar refractivity (Wildman–Crippen MR) is 77.1 cm³/mol. The van der Waals surface area contributed by atoms with E-state index in [9.17, 15) is 9.59 Å². The van der Waals surface area contributed by atoms with E-state index in [4.69, 9.17) is 5.73 Å². The van der Waals surface area contributed by atoms with Crippen LogP contribution >= 0.6 is 0 Å². The molecule has 1 aromatic carbocycles. The van der Waals surface area contributed by atoms with Crippen LogP contribution in [0.3, 0.4) is 0 Å². The van der Waals surface area contributed by atoms with Crippen molar-refractivity contribution >= 4 is 17.5 Å². The highest BCUT2D eigenvalue weighted by Gasteiger charge is 2.40. The average Bonchev–Trinajstić information content (AvgIpc) is 3.01. The maximum atomic E-state index is 12.1. The van der Waals surface area contributed by atoms with Crippen molar-refractivity contribution in [2.45, 2.75) is 32.1 Å². The topological polar surface area (TPSA) is 72.2 Å². The van der Waals surface area contributed by atoms with Gasteiger partial charge in [-0.15, -0.1) is 0 Å². The summed E-state index contributed by atoms with van der Waals surface area (Å²) in [7, 11) is 0. The van der Waals surface area contributed by atoms with Gasteiger partial charge in [0.2, 0.25) is 11.8 Å². The molecule has 3 rings (SSSR count). The fourth-order valence-electron chi connectivity index (χ4n) is 3.83. The van der Waals surface area contributed by atoms with Crippen LogP contribution in [0.4, 0.5) is 5.69 Å². The molecule has 3 atom stereocenters. The van der Waals surface area contributed by atoms with Crippen LogP contribution in [0.1, 0.15) is 42.5 Å². The maximum Gasteiger partial charge on any atom is 0.248 e. The van der Waals surface area contributed by atoms with Gasteiger partial charge in [0.25, 0.3) is 0 Å². The molecule has 1 aromatic rings. The maximum absolute atomic E-state index is 12.1. The van der Waals surface area contributed by atoms with Gasteiger partial charge in [-0.25, -0.2) is 0 Å². The Kier molecular flexibility index (Phi) is 3.47. The molecular weight excluding hydrogens is 252 g/mol. The number of nitrogens with one attached hydrogen (secondary N) is 1. The molecule has 2 fully saturated rings. The summed E-state index contributed by atoms with van der Waals surface area (Å²) in [5.74, 6) is 1.73. The lowest BCUT2D eigenvalue weighted by Gasteiger charge is -2.20. The van der Waals surface area contributed by atoms with Crippen LogP contribution in [0.5, 0.6) is 0 Å². The van der Waals surface area contributed by atoms with Crippen LogP contribution < -0.4 is 11.1 Å². The Labute approximate surface area is 118 Å². The summed E-state index contributed by atoms with van der Waals surface area (Å²) in [6.07, 6.45) is 5.76. The molecule has 0 unspecified atom stereocenters. The zero-order valence-corrected chi connectivity index (χ0v) is 11.5. The molecule has 0 aromatic heterocycles. The molecule has 2 bridgehead atoms. The fraction of sp³-hybridized carbons (Fsp3) is 0.500. The molecule has 4 nitrogen and oxygen atoms in total. The zero-order valence-electron chi connectivity index (χ0n) is 11.5. The molecule has 4 heteroatoms. The smallest absolute Gasteiger partial charge is 0.248 e. The highest BCUT2D eigenvalue weighted by molar-refractivity contribution is 5.96. The minimum absolute atomic E-state index is 0.0455. The Morgan fingerprint density at radius 3 is 2.75 bits per heavy atom. The number of primary amides is 1. The molecule has 0 heterocycles. The van der Waals surface area contributed by atoms with E-state index in [1.54, 1.807) is 24.3 Å². The quantitative estimate of drug-likeness (QED) is 0.884. The zero-order chi connectivity index (χ0) is 14.1. The van der Waals surface area contributed by atoms with Gasteiger partial charge in [-0.3, -0.25) is 9.59 Å². The van der Waals surface area contributed by atoms with Gasteiger partial charge in [0.15, 0.2) is 0 Å². The fourth-order valence-corrected chi connectivity index (χ4v) is 3.83. The molecule has 2 saturated carbocycles. The predicted octanol–water partition coefficient (Wildman–Crippen LogP) is 2.55. The van der Waals surface area contributed by atoms with Crippen molar-refractivity contribution in [1.82, 2.24) is 0 Å². The second-order valence-corrected chi connectivity index (χ2v) is 6.13. The first-order valence-corrected chi connectivity index (χ1v) is 7.31. The molecule has 20 heavy (non-hydrogen) atoms. The normalized spacial score (nSPS) is 27.5. The largest absolute Gasteiger partial charge is 0.366 e. The van der Waals surface area contributed by atoms with Crippen LogP contribution in [0.2, 0.25) is 0 Å². The van der Waals surface area contributed by atoms with Gasteiger partial charge in [0, 0.05) is 17.7 Å². The molecule has 106 valence electrons. The van der Waals surface area contributed by atoms with Gasteiger partial charge in [0.1, 0.15) is 0 Å². The third-order valence-electron chi connectivity index (χ3n) is 4.76. The van der Waals surface area contributed by atoms with E-state index in [1.165, 1.54) is 25.7 Å². The Morgan fingerprint density at radius 2 is 2.10 bits per heavy atom. The third-order valence-corrected chi connectivity index (χ3v) is 4.76. The van der Waals surface area contributed by atoms with Crippen LogP contribution in [0.25, 0.3) is 0 Å². The van der Waals surface area contributed by atoms with Gasteiger partial charge in [-0.05, 0) is 55.2 Å². The summed E-state index contributed by atoms with van der Waals surface area (Å²) in [5, 5.41) is 2.88. The molecule has 0 radical (unpaired) electrons. The van der Waals surface area contributed by atoms with Gasteiger partial charge in [-0.1, -0.05) is 12.5 Å². The van der Waals surface area contributed by atoms with Gasteiger partial charge < -0.3 is 11.1 Å². The van der Waals surface area contributed by atoms with Gasteiger partial charge >= 0.3 is 0 Å². The lowest BCUT2D eigenvalue weighted by Crippen LogP contribution is -2.20. The van der Waals surface area contributed by atoms with Crippen LogP contribution in [-0.4, -0.2) is 11.8 Å². The van der Waals surface area contributed by atoms with E-state index in [-0.39, 0.29) is 5.91 Å². The Morgan fingerprint density at radius 1 is 1.25 bits per heavy atom. The number of amides is 2. The molecular formula is C16H20N2O2. The number of hydrogen-bond donors (Lipinski definition) is 2. The van der Waals surface area contributed by atoms with Crippen LogP contribution in [-0.2, 0) is 4.79 Å². The van der Waals surface area contributed by atoms with Crippen molar-refractivity contribution in [3.63, 3.8) is 0 Å². The van der Waals surface area contributed by atoms with E-state index in [0.717, 1.165) is 11.8 Å². The standard InChI is InChI=1S/C16H20N2O2/c17-16(20)12-2-1-3-14(8-12)18-15(19)9-13-7-10-4-5-11(13)6-10/h1-3,8,10-11,13H,4-7,9H2,(H2,17,20)(H,18,19)/t10-,11-,13+/m0/s1. The number of carbonyl (C=O) groups excluding carboxylic acids is 2. The number of nitrogens with two attached hydrogens (primary N) is 1. The summed E-state index contributed by atoms with van der Waals surface area (Å²) in [4.78, 5) is 23.2. The van der Waals surface area contributed by atoms with Crippen molar-refractivity contribution < 1.29 is 9.59 Å². The minimum Gasteiger partial charge on any atom is -0.366 e. The third kappa shape index (κ3) is 2.69. The number of fused-ring (bicyclic) bond motifs is 2. The number of benzene rings is 1. The first-order valence-electron chi connectivity index (χ1n) is 7.31. The van der Waals surface area contributed by atoms with E-state index >= 15 is 0 Å². The van der Waals surface area contributed by atoms with Crippen molar-refractivity contribution in [2.75, 3.05) is 5.32 Å². The molecule has 2 aliphatic rings. The lowest BCUT2D eigenvalue weighted by molar-refractivity contribution is -0.117. The average molecular weight is 272 g/mol. The van der Waals surface area contributed by atoms with Crippen molar-refractivity contribution in [1.29, 1.82) is 0 Å². The van der Waals surface area contributed by atoms with Crippen molar-refractivity contribution in [3.05, 3.63) is 29.8 Å². The highest BCUT2D eigenvalue weighted by atomic mass is 16.2. The van der Waals surface area contributed by atoms with Crippen LogP contribution in [0.15, 0.2) is 24.3 Å². The number of anilines is 1. The highest BCUT2D eigenvalue weighted by Crippen LogP contribution is 2.49. The van der Waals surface area contributed by atoms with Gasteiger partial charge in [-0.2, -0.15) is 0 Å². The van der Waals surface area contributed by atoms with E-state index in [1.807, 2.05) is 0 Å². The van der Waals surface area contributed by atoms with Gasteiger partial charge in [0.05, 0.1) is 0 Å². The van der Waals surface area contributed by atoms with Crippen molar-refractivity contribution in [3.8, 4) is 0 Å². The van der Waals surface area contributed by atoms with E-state index in [2.05, 4.69) is 5.32 Å².